The molecule has 0 aliphatic carbocycles. The zero-order valence-electron chi connectivity index (χ0n) is 17.2. The van der Waals surface area contributed by atoms with Crippen molar-refractivity contribution in [2.45, 2.75) is 25.3 Å². The number of aryl methyl sites for hydroxylation is 2. The van der Waals surface area contributed by atoms with E-state index in [9.17, 15) is 13.2 Å². The Hall–Kier alpha value is -3.58. The summed E-state index contributed by atoms with van der Waals surface area (Å²) in [5.41, 5.74) is 2.38. The highest BCUT2D eigenvalue weighted by Crippen LogP contribution is 2.31. The Morgan fingerprint density at radius 1 is 0.871 bits per heavy atom. The summed E-state index contributed by atoms with van der Waals surface area (Å²) in [4.78, 5) is 12.9. The van der Waals surface area contributed by atoms with Crippen molar-refractivity contribution in [1.29, 1.82) is 0 Å². The molecule has 0 spiro atoms. The fourth-order valence-corrected chi connectivity index (χ4v) is 4.80. The zero-order valence-corrected chi connectivity index (χ0v) is 18.0. The maximum Gasteiger partial charge on any atom is 0.363 e. The van der Waals surface area contributed by atoms with Gasteiger partial charge in [-0.2, -0.15) is 0 Å². The third kappa shape index (κ3) is 4.32. The van der Waals surface area contributed by atoms with Crippen molar-refractivity contribution < 1.29 is 12.8 Å². The number of para-hydroxylation sites is 1. The van der Waals surface area contributed by atoms with E-state index in [0.717, 1.165) is 11.1 Å². The summed E-state index contributed by atoms with van der Waals surface area (Å²) >= 11 is 0. The van der Waals surface area contributed by atoms with Crippen molar-refractivity contribution in [2.75, 3.05) is 10.0 Å². The van der Waals surface area contributed by atoms with Crippen molar-refractivity contribution >= 4 is 32.4 Å². The summed E-state index contributed by atoms with van der Waals surface area (Å²) in [6.07, 6.45) is 0. The third-order valence-corrected chi connectivity index (χ3v) is 6.49. The van der Waals surface area contributed by atoms with Gasteiger partial charge in [-0.1, -0.05) is 60.2 Å². The molecular formula is C24H22N2O4S. The lowest BCUT2D eigenvalue weighted by molar-refractivity contribution is 0.563. The van der Waals surface area contributed by atoms with Crippen LogP contribution < -0.4 is 15.7 Å². The van der Waals surface area contributed by atoms with Crippen LogP contribution in [0.25, 0.3) is 11.0 Å². The molecule has 3 aromatic carbocycles. The minimum absolute atomic E-state index is 0.111. The average Bonchev–Trinajstić information content (AvgIpc) is 2.74. The maximum atomic E-state index is 13.1. The Morgan fingerprint density at radius 2 is 1.58 bits per heavy atom. The number of nitrogens with one attached hydrogen (secondary N) is 2. The Labute approximate surface area is 180 Å². The van der Waals surface area contributed by atoms with Gasteiger partial charge in [0.25, 0.3) is 10.0 Å². The van der Waals surface area contributed by atoms with Crippen LogP contribution >= 0.6 is 0 Å². The number of fused-ring (bicyclic) bond motifs is 1. The number of benzene rings is 3. The van der Waals surface area contributed by atoms with E-state index in [1.807, 2.05) is 37.3 Å². The number of hydrogen-bond donors (Lipinski definition) is 2. The van der Waals surface area contributed by atoms with E-state index in [0.29, 0.717) is 28.8 Å². The standard InChI is InChI=1S/C24H22N2O4S/c1-16-12-13-21(17(2)14-16)31(28,29)26-23-22(25-15-18-8-4-3-5-9-18)19-10-6-7-11-20(19)30-24(23)27/h3-14,25-26H,15H2,1-2H3. The van der Waals surface area contributed by atoms with E-state index in [4.69, 9.17) is 4.42 Å². The topological polar surface area (TPSA) is 88.4 Å². The first-order chi connectivity index (χ1) is 14.8. The highest BCUT2D eigenvalue weighted by Gasteiger charge is 2.23. The number of hydrogen-bond acceptors (Lipinski definition) is 5. The second kappa shape index (κ2) is 8.28. The molecule has 0 atom stereocenters. The lowest BCUT2D eigenvalue weighted by Gasteiger charge is -2.16. The number of rotatable bonds is 6. The van der Waals surface area contributed by atoms with Crippen LogP contribution in [0.5, 0.6) is 0 Å². The molecule has 0 fully saturated rings. The predicted octanol–water partition coefficient (Wildman–Crippen LogP) is 4.82. The molecule has 1 aromatic heterocycles. The molecule has 158 valence electrons. The van der Waals surface area contributed by atoms with Gasteiger partial charge in [0.1, 0.15) is 5.58 Å². The van der Waals surface area contributed by atoms with E-state index >= 15 is 0 Å². The van der Waals surface area contributed by atoms with E-state index in [1.165, 1.54) is 6.07 Å². The van der Waals surface area contributed by atoms with Crippen LogP contribution in [-0.4, -0.2) is 8.42 Å². The zero-order chi connectivity index (χ0) is 22.0. The van der Waals surface area contributed by atoms with E-state index in [2.05, 4.69) is 10.0 Å². The van der Waals surface area contributed by atoms with Crippen molar-refractivity contribution in [2.24, 2.45) is 0 Å². The van der Waals surface area contributed by atoms with Gasteiger partial charge in [-0.25, -0.2) is 13.2 Å². The lowest BCUT2D eigenvalue weighted by atomic mass is 10.1. The van der Waals surface area contributed by atoms with E-state index in [1.54, 1.807) is 43.3 Å². The molecule has 4 rings (SSSR count). The van der Waals surface area contributed by atoms with Gasteiger partial charge < -0.3 is 9.73 Å². The fraction of sp³-hybridized carbons (Fsp3) is 0.125. The molecule has 0 unspecified atom stereocenters. The minimum atomic E-state index is -4.01. The summed E-state index contributed by atoms with van der Waals surface area (Å²) in [5.74, 6) is 0. The highest BCUT2D eigenvalue weighted by atomic mass is 32.2. The van der Waals surface area contributed by atoms with Crippen molar-refractivity contribution in [1.82, 2.24) is 0 Å². The SMILES string of the molecule is Cc1ccc(S(=O)(=O)Nc2c(NCc3ccccc3)c3ccccc3oc2=O)c(C)c1. The average molecular weight is 435 g/mol. The monoisotopic (exact) mass is 434 g/mol. The van der Waals surface area contributed by atoms with Gasteiger partial charge in [0.15, 0.2) is 5.69 Å². The van der Waals surface area contributed by atoms with Crippen molar-refractivity contribution in [3.05, 3.63) is 99.9 Å². The van der Waals surface area contributed by atoms with Gasteiger partial charge in [-0.3, -0.25) is 4.72 Å². The molecule has 31 heavy (non-hydrogen) atoms. The highest BCUT2D eigenvalue weighted by molar-refractivity contribution is 7.92. The van der Waals surface area contributed by atoms with Crippen LogP contribution in [0.15, 0.2) is 86.9 Å². The molecule has 6 nitrogen and oxygen atoms in total. The molecule has 0 bridgehead atoms. The Kier molecular flexibility index (Phi) is 5.52. The summed E-state index contributed by atoms with van der Waals surface area (Å²) < 4.78 is 34.1. The first kappa shape index (κ1) is 20.7. The maximum absolute atomic E-state index is 13.1. The lowest BCUT2D eigenvalue weighted by Crippen LogP contribution is -2.21. The summed E-state index contributed by atoms with van der Waals surface area (Å²) in [6.45, 7) is 4.02. The summed E-state index contributed by atoms with van der Waals surface area (Å²) in [5, 5.41) is 3.83. The molecule has 0 saturated carbocycles. The van der Waals surface area contributed by atoms with Gasteiger partial charge in [0.2, 0.25) is 0 Å². The van der Waals surface area contributed by atoms with Gasteiger partial charge in [-0.05, 0) is 43.2 Å². The molecule has 0 aliphatic rings. The molecular weight excluding hydrogens is 412 g/mol. The largest absolute Gasteiger partial charge is 0.421 e. The second-order valence-electron chi connectivity index (χ2n) is 7.35. The molecule has 2 N–H and O–H groups in total. The minimum Gasteiger partial charge on any atom is -0.421 e. The number of anilines is 2. The Balaban J connectivity index is 1.81. The van der Waals surface area contributed by atoms with Crippen LogP contribution in [0.4, 0.5) is 11.4 Å². The van der Waals surface area contributed by atoms with E-state index < -0.39 is 15.6 Å². The molecule has 7 heteroatoms. The van der Waals surface area contributed by atoms with Crippen LogP contribution in [0.1, 0.15) is 16.7 Å². The van der Waals surface area contributed by atoms with Gasteiger partial charge in [-0.15, -0.1) is 0 Å². The van der Waals surface area contributed by atoms with Crippen LogP contribution in [0, 0.1) is 13.8 Å². The Morgan fingerprint density at radius 3 is 2.32 bits per heavy atom. The van der Waals surface area contributed by atoms with Crippen molar-refractivity contribution in [3.63, 3.8) is 0 Å². The number of sulfonamides is 1. The predicted molar refractivity (Wildman–Crippen MR) is 123 cm³/mol. The van der Waals surface area contributed by atoms with Crippen LogP contribution in [0.3, 0.4) is 0 Å². The van der Waals surface area contributed by atoms with Crippen LogP contribution in [-0.2, 0) is 16.6 Å². The van der Waals surface area contributed by atoms with E-state index in [-0.39, 0.29) is 10.6 Å². The molecule has 0 radical (unpaired) electrons. The fourth-order valence-electron chi connectivity index (χ4n) is 3.50. The summed E-state index contributed by atoms with van der Waals surface area (Å²) in [7, 11) is -4.01. The van der Waals surface area contributed by atoms with Crippen LogP contribution in [0.2, 0.25) is 0 Å². The quantitative estimate of drug-likeness (QED) is 0.425. The molecule has 0 amide bonds. The van der Waals surface area contributed by atoms with Gasteiger partial charge >= 0.3 is 5.63 Å². The normalized spacial score (nSPS) is 11.4. The second-order valence-corrected chi connectivity index (χ2v) is 9.00. The first-order valence-corrected chi connectivity index (χ1v) is 11.3. The molecule has 4 aromatic rings. The first-order valence-electron chi connectivity index (χ1n) is 9.79. The third-order valence-electron chi connectivity index (χ3n) is 4.98. The van der Waals surface area contributed by atoms with Gasteiger partial charge in [0, 0.05) is 11.9 Å². The molecule has 0 saturated heterocycles. The smallest absolute Gasteiger partial charge is 0.363 e. The summed E-state index contributed by atoms with van der Waals surface area (Å²) in [6, 6.07) is 21.7. The Bertz CT molecular complexity index is 1410. The van der Waals surface area contributed by atoms with Crippen molar-refractivity contribution in [3.8, 4) is 0 Å². The van der Waals surface area contributed by atoms with Gasteiger partial charge in [0.05, 0.1) is 10.6 Å². The molecule has 0 aliphatic heterocycles. The molecule has 1 heterocycles.